The lowest BCUT2D eigenvalue weighted by Crippen LogP contribution is -2.40. The van der Waals surface area contributed by atoms with Crippen LogP contribution in [0, 0.1) is 11.6 Å². The van der Waals surface area contributed by atoms with E-state index in [0.29, 0.717) is 22.1 Å². The van der Waals surface area contributed by atoms with E-state index in [-0.39, 0.29) is 39.7 Å². The van der Waals surface area contributed by atoms with Gasteiger partial charge in [0.2, 0.25) is 12.7 Å². The van der Waals surface area contributed by atoms with E-state index in [2.05, 4.69) is 5.32 Å². The van der Waals surface area contributed by atoms with Gasteiger partial charge in [0.1, 0.15) is 22.9 Å². The van der Waals surface area contributed by atoms with Gasteiger partial charge in [-0.3, -0.25) is 19.0 Å². The first-order chi connectivity index (χ1) is 16.7. The van der Waals surface area contributed by atoms with Crippen molar-refractivity contribution in [2.24, 2.45) is 0 Å². The summed E-state index contributed by atoms with van der Waals surface area (Å²) in [6.45, 7) is 0.744. The maximum absolute atomic E-state index is 13.8. The molecule has 0 unspecified atom stereocenters. The van der Waals surface area contributed by atoms with Gasteiger partial charge in [0.15, 0.2) is 17.3 Å². The number of benzene rings is 2. The molecule has 0 fully saturated rings. The summed E-state index contributed by atoms with van der Waals surface area (Å²) in [5, 5.41) is 4.14. The number of aromatic nitrogens is 2. The predicted molar refractivity (Wildman–Crippen MR) is 123 cm³/mol. The van der Waals surface area contributed by atoms with Gasteiger partial charge >= 0.3 is 5.69 Å². The Labute approximate surface area is 198 Å². The normalized spacial score (nSPS) is 12.2. The van der Waals surface area contributed by atoms with Crippen LogP contribution in [0.25, 0.3) is 15.9 Å². The Morgan fingerprint density at radius 1 is 1.06 bits per heavy atom. The van der Waals surface area contributed by atoms with Crippen molar-refractivity contribution in [3.63, 3.8) is 0 Å². The molecule has 0 saturated carbocycles. The summed E-state index contributed by atoms with van der Waals surface area (Å²) in [4.78, 5) is 51.2. The molecule has 35 heavy (non-hydrogen) atoms. The van der Waals surface area contributed by atoms with E-state index in [9.17, 15) is 28.0 Å². The molecule has 9 nitrogen and oxygen atoms in total. The number of fused-ring (bicyclic) bond motifs is 2. The molecule has 1 N–H and O–H groups in total. The second-order valence-electron chi connectivity index (χ2n) is 7.63. The van der Waals surface area contributed by atoms with Crippen molar-refractivity contribution in [1.29, 1.82) is 0 Å². The highest BCUT2D eigenvalue weighted by molar-refractivity contribution is 7.17. The van der Waals surface area contributed by atoms with Crippen molar-refractivity contribution >= 4 is 38.9 Å². The number of rotatable bonds is 5. The van der Waals surface area contributed by atoms with E-state index in [4.69, 9.17) is 9.47 Å². The largest absolute Gasteiger partial charge is 0.454 e. The van der Waals surface area contributed by atoms with E-state index in [1.165, 1.54) is 25.1 Å². The highest BCUT2D eigenvalue weighted by Crippen LogP contribution is 2.37. The second-order valence-corrected chi connectivity index (χ2v) is 8.54. The van der Waals surface area contributed by atoms with Crippen LogP contribution < -0.4 is 26.0 Å². The Bertz CT molecular complexity index is 1640. The summed E-state index contributed by atoms with van der Waals surface area (Å²) >= 11 is 1.02. The van der Waals surface area contributed by atoms with Crippen molar-refractivity contribution in [3.05, 3.63) is 79.8 Å². The zero-order chi connectivity index (χ0) is 24.9. The molecule has 1 aliphatic heterocycles. The standard InChI is InChI=1S/C23H15F2N3O6S/c1-11(29)15-7-18-19(34-10-33-18)8-16(15)26-20(30)9-27-17-2-3-35-21(17)22(31)28(23(27)32)14-5-12(24)4-13(25)6-14/h2-8H,9-10H2,1H3,(H,26,30). The quantitative estimate of drug-likeness (QED) is 0.423. The molecular weight excluding hydrogens is 484 g/mol. The van der Waals surface area contributed by atoms with Crippen LogP contribution in [0.1, 0.15) is 17.3 Å². The van der Waals surface area contributed by atoms with Crippen molar-refractivity contribution in [3.8, 4) is 17.2 Å². The van der Waals surface area contributed by atoms with E-state index < -0.39 is 35.3 Å². The second kappa shape index (κ2) is 8.47. The molecule has 3 heterocycles. The maximum atomic E-state index is 13.8. The highest BCUT2D eigenvalue weighted by Gasteiger charge is 2.22. The van der Waals surface area contributed by atoms with Gasteiger partial charge in [0.25, 0.3) is 5.56 Å². The Balaban J connectivity index is 1.57. The van der Waals surface area contributed by atoms with Crippen molar-refractivity contribution in [2.45, 2.75) is 13.5 Å². The fourth-order valence-electron chi connectivity index (χ4n) is 3.81. The third-order valence-electron chi connectivity index (χ3n) is 5.33. The van der Waals surface area contributed by atoms with Gasteiger partial charge < -0.3 is 14.8 Å². The van der Waals surface area contributed by atoms with Crippen LogP contribution in [0.4, 0.5) is 14.5 Å². The van der Waals surface area contributed by atoms with E-state index in [0.717, 1.165) is 28.0 Å². The lowest BCUT2D eigenvalue weighted by molar-refractivity contribution is -0.116. The van der Waals surface area contributed by atoms with Gasteiger partial charge in [0, 0.05) is 17.7 Å². The zero-order valence-electron chi connectivity index (χ0n) is 18.0. The zero-order valence-corrected chi connectivity index (χ0v) is 18.8. The van der Waals surface area contributed by atoms with Crippen molar-refractivity contribution < 1.29 is 27.8 Å². The number of hydrogen-bond acceptors (Lipinski definition) is 7. The summed E-state index contributed by atoms with van der Waals surface area (Å²) in [7, 11) is 0. The fourth-order valence-corrected chi connectivity index (χ4v) is 4.63. The van der Waals surface area contributed by atoms with Crippen LogP contribution >= 0.6 is 11.3 Å². The molecule has 5 rings (SSSR count). The number of hydrogen-bond donors (Lipinski definition) is 1. The first kappa shape index (κ1) is 22.5. The average Bonchev–Trinajstić information content (AvgIpc) is 3.45. The molecule has 0 spiro atoms. The van der Waals surface area contributed by atoms with Gasteiger partial charge in [-0.2, -0.15) is 0 Å². The number of anilines is 1. The topological polar surface area (TPSA) is 109 Å². The van der Waals surface area contributed by atoms with Crippen LogP contribution in [-0.2, 0) is 11.3 Å². The molecule has 1 amide bonds. The molecular formula is C23H15F2N3O6S. The molecule has 2 aromatic carbocycles. The van der Waals surface area contributed by atoms with Crippen LogP contribution in [-0.4, -0.2) is 27.6 Å². The van der Waals surface area contributed by atoms with Gasteiger partial charge in [-0.25, -0.2) is 18.1 Å². The molecule has 0 radical (unpaired) electrons. The molecule has 1 aliphatic rings. The molecule has 178 valence electrons. The number of amides is 1. The number of halogens is 2. The molecule has 0 atom stereocenters. The first-order valence-corrected chi connectivity index (χ1v) is 11.0. The Kier molecular flexibility index (Phi) is 5.44. The lowest BCUT2D eigenvalue weighted by atomic mass is 10.1. The number of ketones is 1. The summed E-state index contributed by atoms with van der Waals surface area (Å²) in [5.74, 6) is -2.26. The first-order valence-electron chi connectivity index (χ1n) is 10.2. The number of ether oxygens (including phenoxy) is 2. The smallest absolute Gasteiger partial charge is 0.336 e. The minimum absolute atomic E-state index is 0.0299. The minimum Gasteiger partial charge on any atom is -0.454 e. The third-order valence-corrected chi connectivity index (χ3v) is 6.22. The molecule has 2 aromatic heterocycles. The molecule has 0 aliphatic carbocycles. The number of Topliss-reactive ketones (excluding diaryl/α,β-unsaturated/α-hetero) is 1. The Hall–Kier alpha value is -4.32. The summed E-state index contributed by atoms with van der Waals surface area (Å²) in [6, 6.07) is 6.69. The van der Waals surface area contributed by atoms with E-state index in [1.807, 2.05) is 0 Å². The van der Waals surface area contributed by atoms with E-state index >= 15 is 0 Å². The molecule has 0 saturated heterocycles. The maximum Gasteiger partial charge on any atom is 0.336 e. The number of nitrogens with zero attached hydrogens (tertiary/aromatic N) is 2. The highest BCUT2D eigenvalue weighted by atomic mass is 32.1. The number of carbonyl (C=O) groups excluding carboxylic acids is 2. The Morgan fingerprint density at radius 2 is 1.74 bits per heavy atom. The third kappa shape index (κ3) is 3.97. The summed E-state index contributed by atoms with van der Waals surface area (Å²) < 4.78 is 39.9. The lowest BCUT2D eigenvalue weighted by Gasteiger charge is -2.14. The average molecular weight is 499 g/mol. The van der Waals surface area contributed by atoms with E-state index in [1.54, 1.807) is 5.38 Å². The molecule has 0 bridgehead atoms. The van der Waals surface area contributed by atoms with Gasteiger partial charge in [-0.15, -0.1) is 11.3 Å². The number of carbonyl (C=O) groups is 2. The minimum atomic E-state index is -0.971. The van der Waals surface area contributed by atoms with Crippen LogP contribution in [0.2, 0.25) is 0 Å². The van der Waals surface area contributed by atoms with Crippen LogP contribution in [0.15, 0.2) is 51.4 Å². The molecule has 12 heteroatoms. The monoisotopic (exact) mass is 499 g/mol. The summed E-state index contributed by atoms with van der Waals surface area (Å²) in [5.41, 5.74) is -1.52. The molecule has 4 aromatic rings. The SMILES string of the molecule is CC(=O)c1cc2c(cc1NC(=O)Cn1c(=O)n(-c3cc(F)cc(F)c3)c(=O)c3sccc31)OCO2. The van der Waals surface area contributed by atoms with Crippen molar-refractivity contribution in [2.75, 3.05) is 12.1 Å². The predicted octanol–water partition coefficient (Wildman–Crippen LogP) is 3.06. The fraction of sp³-hybridized carbons (Fsp3) is 0.130. The van der Waals surface area contributed by atoms with Crippen LogP contribution in [0.5, 0.6) is 11.5 Å². The van der Waals surface area contributed by atoms with Crippen LogP contribution in [0.3, 0.4) is 0 Å². The van der Waals surface area contributed by atoms with Gasteiger partial charge in [-0.1, -0.05) is 0 Å². The van der Waals surface area contributed by atoms with Crippen molar-refractivity contribution in [1.82, 2.24) is 9.13 Å². The summed E-state index contributed by atoms with van der Waals surface area (Å²) in [6.07, 6.45) is 0. The Morgan fingerprint density at radius 3 is 2.43 bits per heavy atom. The number of nitrogens with one attached hydrogen (secondary N) is 1. The number of thiophene rings is 1. The van der Waals surface area contributed by atoms with Gasteiger partial charge in [-0.05, 0) is 36.6 Å². The van der Waals surface area contributed by atoms with Gasteiger partial charge in [0.05, 0.1) is 16.9 Å².